The van der Waals surface area contributed by atoms with E-state index < -0.39 is 0 Å². The maximum atomic E-state index is 12.2. The van der Waals surface area contributed by atoms with E-state index in [4.69, 9.17) is 9.47 Å². The number of rotatable bonds is 5. The van der Waals surface area contributed by atoms with Gasteiger partial charge >= 0.3 is 5.97 Å². The molecule has 2 unspecified atom stereocenters. The number of anilines is 1. The molecule has 0 aliphatic carbocycles. The molecule has 1 aromatic rings. The summed E-state index contributed by atoms with van der Waals surface area (Å²) in [7, 11) is 0. The van der Waals surface area contributed by atoms with Gasteiger partial charge < -0.3 is 14.4 Å². The Bertz CT molecular complexity index is 570. The monoisotopic (exact) mass is 305 g/mol. The fourth-order valence-electron chi connectivity index (χ4n) is 2.74. The van der Waals surface area contributed by atoms with Crippen LogP contribution < -0.4 is 9.64 Å². The van der Waals surface area contributed by atoms with Crippen molar-refractivity contribution in [2.24, 2.45) is 0 Å². The van der Waals surface area contributed by atoms with Gasteiger partial charge in [0.2, 0.25) is 0 Å². The number of carbonyl (C=O) groups excluding carboxylic acids is 2. The minimum Gasteiger partial charge on any atom is -0.487 e. The van der Waals surface area contributed by atoms with Gasteiger partial charge in [-0.2, -0.15) is 0 Å². The van der Waals surface area contributed by atoms with Crippen LogP contribution in [-0.2, 0) is 9.53 Å². The van der Waals surface area contributed by atoms with Crippen LogP contribution >= 0.6 is 0 Å². The summed E-state index contributed by atoms with van der Waals surface area (Å²) in [6.07, 6.45) is 0.606. The third-order valence-corrected chi connectivity index (χ3v) is 3.78. The SMILES string of the molecule is CCOC(=O)C(CC)N1CC(C)Oc2ccc(C(C)=O)cc21. The van der Waals surface area contributed by atoms with Crippen molar-refractivity contribution >= 4 is 17.4 Å². The van der Waals surface area contributed by atoms with E-state index in [0.29, 0.717) is 30.9 Å². The maximum Gasteiger partial charge on any atom is 0.328 e. The van der Waals surface area contributed by atoms with Gasteiger partial charge in [0.15, 0.2) is 5.78 Å². The van der Waals surface area contributed by atoms with Gasteiger partial charge in [-0.05, 0) is 45.4 Å². The lowest BCUT2D eigenvalue weighted by Crippen LogP contribution is -2.48. The van der Waals surface area contributed by atoms with Crippen LogP contribution in [0.3, 0.4) is 0 Å². The predicted molar refractivity (Wildman–Crippen MR) is 84.6 cm³/mol. The molecule has 5 nitrogen and oxygen atoms in total. The summed E-state index contributed by atoms with van der Waals surface area (Å²) in [5.41, 5.74) is 1.39. The van der Waals surface area contributed by atoms with E-state index in [9.17, 15) is 9.59 Å². The lowest BCUT2D eigenvalue weighted by Gasteiger charge is -2.39. The molecule has 5 heteroatoms. The lowest BCUT2D eigenvalue weighted by atomic mass is 10.0. The van der Waals surface area contributed by atoms with Crippen molar-refractivity contribution < 1.29 is 19.1 Å². The second kappa shape index (κ2) is 6.81. The van der Waals surface area contributed by atoms with E-state index in [2.05, 4.69) is 0 Å². The Labute approximate surface area is 131 Å². The van der Waals surface area contributed by atoms with E-state index in [0.717, 1.165) is 5.69 Å². The Morgan fingerprint density at radius 2 is 2.14 bits per heavy atom. The molecule has 0 aromatic heterocycles. The highest BCUT2D eigenvalue weighted by molar-refractivity contribution is 5.96. The Morgan fingerprint density at radius 3 is 2.73 bits per heavy atom. The quantitative estimate of drug-likeness (QED) is 0.618. The number of fused-ring (bicyclic) bond motifs is 1. The molecule has 0 amide bonds. The molecule has 1 aliphatic heterocycles. The third kappa shape index (κ3) is 3.24. The molecule has 120 valence electrons. The molecule has 2 atom stereocenters. The fraction of sp³-hybridized carbons (Fsp3) is 0.529. The number of ketones is 1. The predicted octanol–water partition coefficient (Wildman–Crippen LogP) is 2.82. The zero-order chi connectivity index (χ0) is 16.3. The number of ether oxygens (including phenoxy) is 2. The molecule has 2 rings (SSSR count). The highest BCUT2D eigenvalue weighted by Gasteiger charge is 2.33. The summed E-state index contributed by atoms with van der Waals surface area (Å²) in [5.74, 6) is 0.454. The van der Waals surface area contributed by atoms with Crippen LogP contribution in [0.4, 0.5) is 5.69 Å². The third-order valence-electron chi connectivity index (χ3n) is 3.78. The Kier molecular flexibility index (Phi) is 5.06. The van der Waals surface area contributed by atoms with Crippen molar-refractivity contribution in [3.05, 3.63) is 23.8 Å². The first-order valence-corrected chi connectivity index (χ1v) is 7.72. The number of nitrogens with zero attached hydrogens (tertiary/aromatic N) is 1. The molecule has 0 radical (unpaired) electrons. The van der Waals surface area contributed by atoms with Gasteiger partial charge in [-0.3, -0.25) is 4.79 Å². The minimum absolute atomic E-state index is 0.00875. The van der Waals surface area contributed by atoms with Gasteiger partial charge in [0, 0.05) is 5.56 Å². The first kappa shape index (κ1) is 16.3. The first-order valence-electron chi connectivity index (χ1n) is 7.72. The van der Waals surface area contributed by atoms with Crippen LogP contribution in [-0.4, -0.2) is 37.0 Å². The van der Waals surface area contributed by atoms with Gasteiger partial charge in [0.1, 0.15) is 17.9 Å². The van der Waals surface area contributed by atoms with Crippen molar-refractivity contribution in [2.45, 2.75) is 46.3 Å². The number of hydrogen-bond acceptors (Lipinski definition) is 5. The van der Waals surface area contributed by atoms with E-state index in [-0.39, 0.29) is 23.9 Å². The van der Waals surface area contributed by atoms with Crippen molar-refractivity contribution in [2.75, 3.05) is 18.1 Å². The number of esters is 1. The zero-order valence-electron chi connectivity index (χ0n) is 13.6. The van der Waals surface area contributed by atoms with E-state index in [1.807, 2.05) is 18.7 Å². The lowest BCUT2D eigenvalue weighted by molar-refractivity contribution is -0.144. The van der Waals surface area contributed by atoms with Crippen LogP contribution in [0, 0.1) is 0 Å². The molecule has 0 saturated heterocycles. The van der Waals surface area contributed by atoms with Crippen LogP contribution in [0.2, 0.25) is 0 Å². The summed E-state index contributed by atoms with van der Waals surface area (Å²) in [5, 5.41) is 0. The molecule has 1 aromatic carbocycles. The molecular formula is C17H23NO4. The Hall–Kier alpha value is -2.04. The van der Waals surface area contributed by atoms with Crippen molar-refractivity contribution in [1.82, 2.24) is 0 Å². The standard InChI is InChI=1S/C17H23NO4/c1-5-14(17(20)21-6-2)18-10-11(3)22-16-8-7-13(12(4)19)9-15(16)18/h7-9,11,14H,5-6,10H2,1-4H3. The minimum atomic E-state index is -0.368. The van der Waals surface area contributed by atoms with Crippen LogP contribution in [0.1, 0.15) is 44.5 Å². The average Bonchev–Trinajstić information content (AvgIpc) is 2.47. The maximum absolute atomic E-state index is 12.2. The highest BCUT2D eigenvalue weighted by Crippen LogP contribution is 2.36. The normalized spacial score (nSPS) is 18.2. The number of Topliss-reactive ketones (excluding diaryl/α,β-unsaturated/α-hetero) is 1. The van der Waals surface area contributed by atoms with Gasteiger partial charge in [-0.15, -0.1) is 0 Å². The molecule has 1 heterocycles. The van der Waals surface area contributed by atoms with E-state index >= 15 is 0 Å². The van der Waals surface area contributed by atoms with Crippen LogP contribution in [0.25, 0.3) is 0 Å². The number of benzene rings is 1. The molecular weight excluding hydrogens is 282 g/mol. The molecule has 0 fully saturated rings. The fourth-order valence-corrected chi connectivity index (χ4v) is 2.74. The topological polar surface area (TPSA) is 55.8 Å². The van der Waals surface area contributed by atoms with Crippen LogP contribution in [0.15, 0.2) is 18.2 Å². The summed E-state index contributed by atoms with van der Waals surface area (Å²) >= 11 is 0. The average molecular weight is 305 g/mol. The summed E-state index contributed by atoms with van der Waals surface area (Å²) in [6, 6.07) is 4.98. The van der Waals surface area contributed by atoms with Crippen molar-refractivity contribution in [3.8, 4) is 5.75 Å². The number of carbonyl (C=O) groups is 2. The van der Waals surface area contributed by atoms with E-state index in [1.54, 1.807) is 25.1 Å². The summed E-state index contributed by atoms with van der Waals surface area (Å²) in [4.78, 5) is 25.9. The first-order chi connectivity index (χ1) is 10.5. The van der Waals surface area contributed by atoms with Gasteiger partial charge in [-0.25, -0.2) is 4.79 Å². The second-order valence-electron chi connectivity index (χ2n) is 5.50. The molecule has 0 saturated carbocycles. The van der Waals surface area contributed by atoms with Crippen LogP contribution in [0.5, 0.6) is 5.75 Å². The van der Waals surface area contributed by atoms with E-state index in [1.165, 1.54) is 6.92 Å². The highest BCUT2D eigenvalue weighted by atomic mass is 16.5. The molecule has 1 aliphatic rings. The van der Waals surface area contributed by atoms with Gasteiger partial charge in [0.05, 0.1) is 18.8 Å². The molecule has 0 spiro atoms. The van der Waals surface area contributed by atoms with Crippen molar-refractivity contribution in [1.29, 1.82) is 0 Å². The molecule has 0 N–H and O–H groups in total. The Balaban J connectivity index is 2.42. The van der Waals surface area contributed by atoms with Gasteiger partial charge in [-0.1, -0.05) is 6.92 Å². The second-order valence-corrected chi connectivity index (χ2v) is 5.50. The summed E-state index contributed by atoms with van der Waals surface area (Å²) in [6.45, 7) is 8.19. The smallest absolute Gasteiger partial charge is 0.328 e. The zero-order valence-corrected chi connectivity index (χ0v) is 13.6. The molecule has 22 heavy (non-hydrogen) atoms. The number of hydrogen-bond donors (Lipinski definition) is 0. The largest absolute Gasteiger partial charge is 0.487 e. The summed E-state index contributed by atoms with van der Waals surface area (Å²) < 4.78 is 11.0. The Morgan fingerprint density at radius 1 is 1.41 bits per heavy atom. The molecule has 0 bridgehead atoms. The van der Waals surface area contributed by atoms with Crippen molar-refractivity contribution in [3.63, 3.8) is 0 Å². The van der Waals surface area contributed by atoms with Gasteiger partial charge in [0.25, 0.3) is 0 Å².